The van der Waals surface area contributed by atoms with Crippen LogP contribution in [0.1, 0.15) is 41.7 Å². The van der Waals surface area contributed by atoms with E-state index in [0.717, 1.165) is 38.2 Å². The number of hydrogen-bond donors (Lipinski definition) is 2. The van der Waals surface area contributed by atoms with Gasteiger partial charge in [-0.3, -0.25) is 9.69 Å². The Labute approximate surface area is 168 Å². The van der Waals surface area contributed by atoms with E-state index in [-0.39, 0.29) is 18.1 Å². The van der Waals surface area contributed by atoms with Crippen LogP contribution in [0.5, 0.6) is 0 Å². The second-order valence-corrected chi connectivity index (χ2v) is 7.54. The zero-order chi connectivity index (χ0) is 19.9. The van der Waals surface area contributed by atoms with Crippen molar-refractivity contribution in [3.05, 3.63) is 65.7 Å². The molecule has 0 spiro atoms. The molecule has 0 aliphatic carbocycles. The standard InChI is InChI=1S/C23H31N3O2/c1-3-14-24-23(28)19-9-11-20(12-10-19)25(2)22(18-7-5-4-6-8-18)17-26-15-13-21(27)16-26/h4-12,21-22,27H,3,13-17H2,1-2H3,(H,24,28)/t21?,22-/m1/s1. The highest BCUT2D eigenvalue weighted by atomic mass is 16.3. The summed E-state index contributed by atoms with van der Waals surface area (Å²) in [4.78, 5) is 16.7. The number of amides is 1. The molecule has 0 aromatic heterocycles. The summed E-state index contributed by atoms with van der Waals surface area (Å²) in [5.41, 5.74) is 3.00. The lowest BCUT2D eigenvalue weighted by Crippen LogP contribution is -2.36. The predicted molar refractivity (Wildman–Crippen MR) is 114 cm³/mol. The van der Waals surface area contributed by atoms with E-state index in [1.807, 2.05) is 37.3 Å². The highest BCUT2D eigenvalue weighted by Crippen LogP contribution is 2.28. The van der Waals surface area contributed by atoms with Crippen molar-refractivity contribution in [3.8, 4) is 0 Å². The van der Waals surface area contributed by atoms with Gasteiger partial charge in [0.1, 0.15) is 0 Å². The van der Waals surface area contributed by atoms with Gasteiger partial charge in [0.25, 0.3) is 5.91 Å². The molecule has 2 N–H and O–H groups in total. The number of rotatable bonds is 8. The largest absolute Gasteiger partial charge is 0.392 e. The Balaban J connectivity index is 1.76. The summed E-state index contributed by atoms with van der Waals surface area (Å²) in [6, 6.07) is 18.4. The Kier molecular flexibility index (Phi) is 7.06. The highest BCUT2D eigenvalue weighted by molar-refractivity contribution is 5.94. The van der Waals surface area contributed by atoms with Crippen LogP contribution in [0.3, 0.4) is 0 Å². The maximum Gasteiger partial charge on any atom is 0.251 e. The Hall–Kier alpha value is -2.37. The average molecular weight is 382 g/mol. The number of likely N-dealkylation sites (tertiary alicyclic amines) is 1. The van der Waals surface area contributed by atoms with Crippen molar-refractivity contribution in [1.29, 1.82) is 0 Å². The van der Waals surface area contributed by atoms with E-state index in [1.54, 1.807) is 0 Å². The molecule has 2 aromatic rings. The van der Waals surface area contributed by atoms with Crippen LogP contribution in [0, 0.1) is 0 Å². The van der Waals surface area contributed by atoms with E-state index >= 15 is 0 Å². The van der Waals surface area contributed by atoms with Crippen LogP contribution in [-0.2, 0) is 0 Å². The van der Waals surface area contributed by atoms with Gasteiger partial charge >= 0.3 is 0 Å². The number of nitrogens with zero attached hydrogens (tertiary/aromatic N) is 2. The number of hydrogen-bond acceptors (Lipinski definition) is 4. The Morgan fingerprint density at radius 2 is 1.93 bits per heavy atom. The minimum atomic E-state index is -0.220. The Morgan fingerprint density at radius 1 is 1.21 bits per heavy atom. The molecular weight excluding hydrogens is 350 g/mol. The molecule has 1 aliphatic heterocycles. The van der Waals surface area contributed by atoms with Crippen molar-refractivity contribution in [2.45, 2.75) is 31.9 Å². The van der Waals surface area contributed by atoms with Crippen LogP contribution >= 0.6 is 0 Å². The lowest BCUT2D eigenvalue weighted by atomic mass is 10.0. The first-order valence-electron chi connectivity index (χ1n) is 10.1. The third-order valence-electron chi connectivity index (χ3n) is 5.40. The quantitative estimate of drug-likeness (QED) is 0.738. The molecule has 0 bridgehead atoms. The van der Waals surface area contributed by atoms with E-state index in [4.69, 9.17) is 0 Å². The maximum absolute atomic E-state index is 12.1. The summed E-state index contributed by atoms with van der Waals surface area (Å²) in [7, 11) is 2.09. The molecule has 1 saturated heterocycles. The summed E-state index contributed by atoms with van der Waals surface area (Å²) >= 11 is 0. The minimum Gasteiger partial charge on any atom is -0.392 e. The Morgan fingerprint density at radius 3 is 2.54 bits per heavy atom. The maximum atomic E-state index is 12.1. The molecule has 5 nitrogen and oxygen atoms in total. The highest BCUT2D eigenvalue weighted by Gasteiger charge is 2.26. The van der Waals surface area contributed by atoms with E-state index in [2.05, 4.69) is 46.4 Å². The zero-order valence-corrected chi connectivity index (χ0v) is 16.8. The van der Waals surface area contributed by atoms with Gasteiger partial charge in [-0.25, -0.2) is 0 Å². The molecule has 2 atom stereocenters. The van der Waals surface area contributed by atoms with Gasteiger partial charge in [-0.15, -0.1) is 0 Å². The van der Waals surface area contributed by atoms with Crippen LogP contribution < -0.4 is 10.2 Å². The van der Waals surface area contributed by atoms with Gasteiger partial charge in [0.15, 0.2) is 0 Å². The van der Waals surface area contributed by atoms with Gasteiger partial charge in [0, 0.05) is 44.5 Å². The first kappa shape index (κ1) is 20.4. The minimum absolute atomic E-state index is 0.0262. The van der Waals surface area contributed by atoms with Gasteiger partial charge in [0.2, 0.25) is 0 Å². The lowest BCUT2D eigenvalue weighted by molar-refractivity contribution is 0.0953. The van der Waals surface area contributed by atoms with Crippen LogP contribution in [0.4, 0.5) is 5.69 Å². The number of aliphatic hydroxyl groups excluding tert-OH is 1. The second-order valence-electron chi connectivity index (χ2n) is 7.54. The van der Waals surface area contributed by atoms with E-state index in [9.17, 15) is 9.90 Å². The van der Waals surface area contributed by atoms with Crippen LogP contribution in [0.2, 0.25) is 0 Å². The molecule has 2 aromatic carbocycles. The lowest BCUT2D eigenvalue weighted by Gasteiger charge is -2.33. The molecular formula is C23H31N3O2. The first-order chi connectivity index (χ1) is 13.6. The molecule has 1 amide bonds. The van der Waals surface area contributed by atoms with Crippen molar-refractivity contribution in [1.82, 2.24) is 10.2 Å². The molecule has 5 heteroatoms. The fraction of sp³-hybridized carbons (Fsp3) is 0.435. The molecule has 1 aliphatic rings. The normalized spacial score (nSPS) is 18.0. The van der Waals surface area contributed by atoms with Crippen molar-refractivity contribution in [2.75, 3.05) is 38.1 Å². The van der Waals surface area contributed by atoms with Crippen molar-refractivity contribution >= 4 is 11.6 Å². The van der Waals surface area contributed by atoms with Crippen LogP contribution in [0.25, 0.3) is 0 Å². The van der Waals surface area contributed by atoms with E-state index in [1.165, 1.54) is 5.56 Å². The van der Waals surface area contributed by atoms with Crippen LogP contribution in [0.15, 0.2) is 54.6 Å². The summed E-state index contributed by atoms with van der Waals surface area (Å²) in [5, 5.41) is 12.8. The van der Waals surface area contributed by atoms with Gasteiger partial charge in [-0.05, 0) is 42.7 Å². The van der Waals surface area contributed by atoms with Gasteiger partial charge in [0.05, 0.1) is 12.1 Å². The van der Waals surface area contributed by atoms with Crippen LogP contribution in [-0.4, -0.2) is 55.2 Å². The van der Waals surface area contributed by atoms with Gasteiger partial charge in [-0.1, -0.05) is 37.3 Å². The van der Waals surface area contributed by atoms with Crippen molar-refractivity contribution in [2.24, 2.45) is 0 Å². The predicted octanol–water partition coefficient (Wildman–Crippen LogP) is 3.07. The average Bonchev–Trinajstić information content (AvgIpc) is 3.15. The number of anilines is 1. The smallest absolute Gasteiger partial charge is 0.251 e. The first-order valence-corrected chi connectivity index (χ1v) is 10.1. The second kappa shape index (κ2) is 9.71. The summed E-state index contributed by atoms with van der Waals surface area (Å²) < 4.78 is 0. The third kappa shape index (κ3) is 5.12. The fourth-order valence-electron chi connectivity index (χ4n) is 3.72. The number of benzene rings is 2. The monoisotopic (exact) mass is 381 g/mol. The number of carbonyl (C=O) groups is 1. The Bertz CT molecular complexity index is 748. The SMILES string of the molecule is CCCNC(=O)c1ccc(N(C)[C@H](CN2CCC(O)C2)c2ccccc2)cc1. The molecule has 150 valence electrons. The molecule has 3 rings (SSSR count). The molecule has 1 fully saturated rings. The number of aliphatic hydroxyl groups is 1. The molecule has 1 unspecified atom stereocenters. The molecule has 28 heavy (non-hydrogen) atoms. The molecule has 0 saturated carbocycles. The summed E-state index contributed by atoms with van der Waals surface area (Å²) in [5.74, 6) is -0.0262. The molecule has 0 radical (unpaired) electrons. The van der Waals surface area contributed by atoms with Gasteiger partial charge < -0.3 is 15.3 Å². The fourth-order valence-corrected chi connectivity index (χ4v) is 3.72. The number of nitrogens with one attached hydrogen (secondary N) is 1. The third-order valence-corrected chi connectivity index (χ3v) is 5.40. The van der Waals surface area contributed by atoms with Crippen molar-refractivity contribution in [3.63, 3.8) is 0 Å². The van der Waals surface area contributed by atoms with E-state index in [0.29, 0.717) is 12.1 Å². The zero-order valence-electron chi connectivity index (χ0n) is 16.8. The number of carbonyl (C=O) groups excluding carboxylic acids is 1. The van der Waals surface area contributed by atoms with Gasteiger partial charge in [-0.2, -0.15) is 0 Å². The summed E-state index contributed by atoms with van der Waals surface area (Å²) in [6.45, 7) is 5.25. The van der Waals surface area contributed by atoms with E-state index < -0.39 is 0 Å². The molecule has 1 heterocycles. The topological polar surface area (TPSA) is 55.8 Å². The summed E-state index contributed by atoms with van der Waals surface area (Å²) in [6.07, 6.45) is 1.55. The number of likely N-dealkylation sites (N-methyl/N-ethyl adjacent to an activating group) is 1. The van der Waals surface area contributed by atoms with Crippen molar-refractivity contribution < 1.29 is 9.90 Å². The number of β-amino-alcohol motifs (C(OH)–C–C–N with tert-alkyl or cyclic N) is 1.